The summed E-state index contributed by atoms with van der Waals surface area (Å²) in [7, 11) is 5.94. The molecular weight excluding hydrogens is 176 g/mol. The summed E-state index contributed by atoms with van der Waals surface area (Å²) in [6.45, 7) is 0. The lowest BCUT2D eigenvalue weighted by molar-refractivity contribution is 0.765. The van der Waals surface area contributed by atoms with Gasteiger partial charge in [0.15, 0.2) is 0 Å². The molecule has 4 nitrogen and oxygen atoms in total. The third-order valence-corrected chi connectivity index (χ3v) is 2.25. The Kier molecular flexibility index (Phi) is 1.84. The van der Waals surface area contributed by atoms with Gasteiger partial charge in [0.25, 0.3) is 0 Å². The molecule has 2 N–H and O–H groups in total. The van der Waals surface area contributed by atoms with Crippen LogP contribution in [-0.4, -0.2) is 23.9 Å². The van der Waals surface area contributed by atoms with Crippen LogP contribution in [0.4, 0.5) is 11.5 Å². The molecule has 0 saturated carbocycles. The van der Waals surface area contributed by atoms with Gasteiger partial charge in [0, 0.05) is 32.2 Å². The van der Waals surface area contributed by atoms with E-state index in [-0.39, 0.29) is 0 Å². The highest BCUT2D eigenvalue weighted by molar-refractivity contribution is 5.92. The normalized spacial score (nSPS) is 10.8. The van der Waals surface area contributed by atoms with Crippen LogP contribution < -0.4 is 10.6 Å². The average molecular weight is 190 g/mol. The summed E-state index contributed by atoms with van der Waals surface area (Å²) in [6.07, 6.45) is 0. The van der Waals surface area contributed by atoms with Crippen molar-refractivity contribution in [1.82, 2.24) is 9.78 Å². The number of rotatable bonds is 1. The van der Waals surface area contributed by atoms with Crippen LogP contribution in [0.5, 0.6) is 0 Å². The van der Waals surface area contributed by atoms with Crippen LogP contribution in [0, 0.1) is 0 Å². The largest absolute Gasteiger partial charge is 0.399 e. The second-order valence-electron chi connectivity index (χ2n) is 3.62. The second-order valence-corrected chi connectivity index (χ2v) is 3.62. The first-order valence-corrected chi connectivity index (χ1v) is 4.49. The van der Waals surface area contributed by atoms with Crippen LogP contribution in [0.1, 0.15) is 0 Å². The summed E-state index contributed by atoms with van der Waals surface area (Å²) in [5.41, 5.74) is 7.50. The van der Waals surface area contributed by atoms with Crippen LogP contribution in [0.2, 0.25) is 0 Å². The molecule has 14 heavy (non-hydrogen) atoms. The Hall–Kier alpha value is -1.71. The van der Waals surface area contributed by atoms with Crippen molar-refractivity contribution in [3.63, 3.8) is 0 Å². The van der Waals surface area contributed by atoms with Gasteiger partial charge >= 0.3 is 0 Å². The van der Waals surface area contributed by atoms with Crippen molar-refractivity contribution < 1.29 is 0 Å². The molecule has 4 heteroatoms. The first-order chi connectivity index (χ1) is 6.59. The summed E-state index contributed by atoms with van der Waals surface area (Å²) < 4.78 is 1.87. The Morgan fingerprint density at radius 3 is 2.71 bits per heavy atom. The molecular formula is C10H14N4. The molecule has 0 aliphatic rings. The molecule has 0 saturated heterocycles. The summed E-state index contributed by atoms with van der Waals surface area (Å²) >= 11 is 0. The molecule has 0 fully saturated rings. The molecule has 2 aromatic rings. The number of fused-ring (bicyclic) bond motifs is 1. The van der Waals surface area contributed by atoms with E-state index in [9.17, 15) is 0 Å². The van der Waals surface area contributed by atoms with Gasteiger partial charge in [-0.25, -0.2) is 0 Å². The van der Waals surface area contributed by atoms with Crippen molar-refractivity contribution in [1.29, 1.82) is 0 Å². The molecule has 0 aliphatic carbocycles. The van der Waals surface area contributed by atoms with E-state index in [2.05, 4.69) is 5.10 Å². The molecule has 0 aliphatic heterocycles. The van der Waals surface area contributed by atoms with E-state index < -0.39 is 0 Å². The third-order valence-electron chi connectivity index (χ3n) is 2.25. The van der Waals surface area contributed by atoms with Gasteiger partial charge in [-0.3, -0.25) is 4.68 Å². The van der Waals surface area contributed by atoms with E-state index in [1.165, 1.54) is 0 Å². The van der Waals surface area contributed by atoms with Gasteiger partial charge in [0.1, 0.15) is 5.82 Å². The van der Waals surface area contributed by atoms with Gasteiger partial charge < -0.3 is 10.6 Å². The molecule has 1 aromatic heterocycles. The molecule has 0 amide bonds. The summed E-state index contributed by atoms with van der Waals surface area (Å²) in [6, 6.07) is 5.77. The zero-order chi connectivity index (χ0) is 10.3. The minimum absolute atomic E-state index is 0.772. The SMILES string of the molecule is CN(C)c1c2cc(N)ccc2nn1C. The number of nitrogens with two attached hydrogens (primary N) is 1. The fraction of sp³-hybridized carbons (Fsp3) is 0.300. The zero-order valence-electron chi connectivity index (χ0n) is 8.65. The maximum atomic E-state index is 5.75. The number of nitrogen functional groups attached to an aromatic ring is 1. The van der Waals surface area contributed by atoms with Gasteiger partial charge in [0.2, 0.25) is 0 Å². The molecule has 1 aromatic carbocycles. The molecule has 2 rings (SSSR count). The van der Waals surface area contributed by atoms with Crippen molar-refractivity contribution >= 4 is 22.4 Å². The van der Waals surface area contributed by atoms with E-state index in [1.807, 2.05) is 48.9 Å². The number of benzene rings is 1. The standard InChI is InChI=1S/C10H14N4/c1-13(2)10-8-6-7(11)4-5-9(8)12-14(10)3/h4-6H,11H2,1-3H3. The Bertz CT molecular complexity index is 470. The van der Waals surface area contributed by atoms with Gasteiger partial charge in [-0.05, 0) is 18.2 Å². The van der Waals surface area contributed by atoms with Crippen LogP contribution >= 0.6 is 0 Å². The zero-order valence-corrected chi connectivity index (χ0v) is 8.65. The van der Waals surface area contributed by atoms with Crippen LogP contribution in [0.3, 0.4) is 0 Å². The van der Waals surface area contributed by atoms with E-state index in [0.717, 1.165) is 22.4 Å². The number of anilines is 2. The third kappa shape index (κ3) is 1.19. The monoisotopic (exact) mass is 190 g/mol. The highest BCUT2D eigenvalue weighted by atomic mass is 15.3. The number of hydrogen-bond donors (Lipinski definition) is 1. The van der Waals surface area contributed by atoms with Crippen molar-refractivity contribution in [3.05, 3.63) is 18.2 Å². The summed E-state index contributed by atoms with van der Waals surface area (Å²) in [5, 5.41) is 5.49. The van der Waals surface area contributed by atoms with Gasteiger partial charge in [0.05, 0.1) is 5.52 Å². The fourth-order valence-electron chi connectivity index (χ4n) is 1.73. The molecule has 74 valence electrons. The number of nitrogens with zero attached hydrogens (tertiary/aromatic N) is 3. The maximum Gasteiger partial charge on any atom is 0.134 e. The molecule has 0 bridgehead atoms. The Morgan fingerprint density at radius 2 is 2.07 bits per heavy atom. The Balaban J connectivity index is 2.79. The minimum Gasteiger partial charge on any atom is -0.399 e. The van der Waals surface area contributed by atoms with Gasteiger partial charge in [-0.15, -0.1) is 0 Å². The number of hydrogen-bond acceptors (Lipinski definition) is 3. The summed E-state index contributed by atoms with van der Waals surface area (Å²) in [4.78, 5) is 2.04. The lowest BCUT2D eigenvalue weighted by atomic mass is 10.2. The number of aryl methyl sites for hydroxylation is 1. The first-order valence-electron chi connectivity index (χ1n) is 4.49. The second kappa shape index (κ2) is 2.90. The molecule has 0 spiro atoms. The highest BCUT2D eigenvalue weighted by Gasteiger charge is 2.09. The minimum atomic E-state index is 0.772. The lowest BCUT2D eigenvalue weighted by Gasteiger charge is -2.12. The average Bonchev–Trinajstić information content (AvgIpc) is 2.40. The smallest absolute Gasteiger partial charge is 0.134 e. The lowest BCUT2D eigenvalue weighted by Crippen LogP contribution is -2.13. The van der Waals surface area contributed by atoms with Crippen molar-refractivity contribution in [2.75, 3.05) is 24.7 Å². The van der Waals surface area contributed by atoms with Crippen molar-refractivity contribution in [2.24, 2.45) is 7.05 Å². The van der Waals surface area contributed by atoms with Crippen molar-refractivity contribution in [2.45, 2.75) is 0 Å². The highest BCUT2D eigenvalue weighted by Crippen LogP contribution is 2.26. The van der Waals surface area contributed by atoms with E-state index in [4.69, 9.17) is 5.73 Å². The van der Waals surface area contributed by atoms with Crippen LogP contribution in [-0.2, 0) is 7.05 Å². The van der Waals surface area contributed by atoms with Crippen LogP contribution in [0.15, 0.2) is 18.2 Å². The van der Waals surface area contributed by atoms with Crippen LogP contribution in [0.25, 0.3) is 10.9 Å². The van der Waals surface area contributed by atoms with E-state index >= 15 is 0 Å². The maximum absolute atomic E-state index is 5.75. The quantitative estimate of drug-likeness (QED) is 0.688. The molecule has 0 atom stereocenters. The molecule has 1 heterocycles. The Labute approximate surface area is 82.9 Å². The topological polar surface area (TPSA) is 47.1 Å². The summed E-state index contributed by atoms with van der Waals surface area (Å²) in [5.74, 6) is 1.08. The molecule has 0 radical (unpaired) electrons. The van der Waals surface area contributed by atoms with Gasteiger partial charge in [-0.1, -0.05) is 0 Å². The first kappa shape index (κ1) is 8.87. The van der Waals surface area contributed by atoms with E-state index in [0.29, 0.717) is 0 Å². The predicted molar refractivity (Wildman–Crippen MR) is 59.5 cm³/mol. The fourth-order valence-corrected chi connectivity index (χ4v) is 1.73. The number of aromatic nitrogens is 2. The van der Waals surface area contributed by atoms with Gasteiger partial charge in [-0.2, -0.15) is 5.10 Å². The van der Waals surface area contributed by atoms with E-state index in [1.54, 1.807) is 0 Å². The predicted octanol–water partition coefficient (Wildman–Crippen LogP) is 1.22. The van der Waals surface area contributed by atoms with Crippen molar-refractivity contribution in [3.8, 4) is 0 Å². The Morgan fingerprint density at radius 1 is 1.36 bits per heavy atom. The molecule has 0 unspecified atom stereocenters.